The summed E-state index contributed by atoms with van der Waals surface area (Å²) in [4.78, 5) is 4.56. The first kappa shape index (κ1) is 20.3. The smallest absolute Gasteiger partial charge is 0.274 e. The van der Waals surface area contributed by atoms with Crippen molar-refractivity contribution in [2.45, 2.75) is 25.3 Å². The topological polar surface area (TPSA) is 119 Å². The van der Waals surface area contributed by atoms with Gasteiger partial charge in [-0.15, -0.1) is 0 Å². The van der Waals surface area contributed by atoms with E-state index >= 15 is 0 Å². The minimum Gasteiger partial charge on any atom is -0.399 e. The molecule has 0 aliphatic rings. The second-order valence-electron chi connectivity index (χ2n) is 6.95. The van der Waals surface area contributed by atoms with Gasteiger partial charge < -0.3 is 15.6 Å². The molecule has 2 heterocycles. The Labute approximate surface area is 176 Å². The highest BCUT2D eigenvalue weighted by Crippen LogP contribution is 2.35. The van der Waals surface area contributed by atoms with Crippen LogP contribution in [0.5, 0.6) is 0 Å². The van der Waals surface area contributed by atoms with Gasteiger partial charge in [0.25, 0.3) is 5.92 Å². The first-order valence-corrected chi connectivity index (χ1v) is 9.62. The molecular weight excluding hydrogens is 404 g/mol. The number of alkyl halides is 2. The lowest BCUT2D eigenvalue weighted by Gasteiger charge is -2.18. The van der Waals surface area contributed by atoms with Crippen LogP contribution in [0.25, 0.3) is 22.6 Å². The van der Waals surface area contributed by atoms with Gasteiger partial charge >= 0.3 is 0 Å². The van der Waals surface area contributed by atoms with E-state index in [4.69, 9.17) is 15.6 Å². The summed E-state index contributed by atoms with van der Waals surface area (Å²) in [5, 5.41) is 19.4. The monoisotopic (exact) mass is 423 g/mol. The molecule has 0 saturated heterocycles. The van der Waals surface area contributed by atoms with Crippen LogP contribution in [-0.2, 0) is 12.5 Å². The zero-order valence-corrected chi connectivity index (χ0v) is 16.4. The third-order valence-electron chi connectivity index (χ3n) is 4.87. The van der Waals surface area contributed by atoms with Gasteiger partial charge in [-0.1, -0.05) is 24.3 Å². The largest absolute Gasteiger partial charge is 0.399 e. The molecule has 0 amide bonds. The number of nitrogens with two attached hydrogens (primary N) is 1. The number of nitriles is 1. The molecule has 0 fully saturated rings. The lowest BCUT2D eigenvalue weighted by Crippen LogP contribution is -2.17. The molecule has 2 aromatic carbocycles. The molecular formula is C21H19F2N7O. The van der Waals surface area contributed by atoms with E-state index < -0.39 is 12.3 Å². The van der Waals surface area contributed by atoms with E-state index in [0.717, 1.165) is 0 Å². The molecule has 10 heteroatoms. The molecule has 0 radical (unpaired) electrons. The van der Waals surface area contributed by atoms with Crippen LogP contribution in [0.2, 0.25) is 0 Å². The summed E-state index contributed by atoms with van der Waals surface area (Å²) in [5.41, 5.74) is 7.56. The minimum absolute atomic E-state index is 0.0162. The zero-order chi connectivity index (χ0) is 21.8. The number of imidazole rings is 1. The molecule has 4 rings (SSSR count). The summed E-state index contributed by atoms with van der Waals surface area (Å²) in [6.45, 7) is 0.324. The van der Waals surface area contributed by atoms with Gasteiger partial charge in [-0.05, 0) is 34.6 Å². The van der Waals surface area contributed by atoms with Gasteiger partial charge in [0, 0.05) is 30.8 Å². The zero-order valence-electron chi connectivity index (χ0n) is 16.4. The lowest BCUT2D eigenvalue weighted by atomic mass is 10.0. The Balaban J connectivity index is 1.67. The molecule has 0 atom stereocenters. The predicted octanol–water partition coefficient (Wildman–Crippen LogP) is 4.18. The van der Waals surface area contributed by atoms with E-state index in [2.05, 4.69) is 20.6 Å². The summed E-state index contributed by atoms with van der Waals surface area (Å²) in [7, 11) is 0. The Morgan fingerprint density at radius 3 is 2.68 bits per heavy atom. The number of rotatable bonds is 8. The number of nitrogen functional groups attached to an aromatic ring is 1. The van der Waals surface area contributed by atoms with Crippen LogP contribution in [0.4, 0.5) is 20.3 Å². The van der Waals surface area contributed by atoms with Gasteiger partial charge in [0.2, 0.25) is 5.82 Å². The van der Waals surface area contributed by atoms with Crippen molar-refractivity contribution in [1.29, 1.82) is 5.26 Å². The molecule has 0 bridgehead atoms. The first-order valence-electron chi connectivity index (χ1n) is 9.62. The van der Waals surface area contributed by atoms with Crippen LogP contribution in [0, 0.1) is 11.3 Å². The van der Waals surface area contributed by atoms with Gasteiger partial charge in [0.1, 0.15) is 0 Å². The summed E-state index contributed by atoms with van der Waals surface area (Å²) in [6, 6.07) is 14.9. The Bertz CT molecular complexity index is 1220. The quantitative estimate of drug-likeness (QED) is 0.322. The highest BCUT2D eigenvalue weighted by atomic mass is 19.3. The second-order valence-corrected chi connectivity index (χ2v) is 6.95. The van der Waals surface area contributed by atoms with Crippen molar-refractivity contribution < 1.29 is 13.4 Å². The number of anilines is 2. The van der Waals surface area contributed by atoms with Crippen LogP contribution < -0.4 is 11.1 Å². The number of halogens is 2. The fourth-order valence-electron chi connectivity index (χ4n) is 3.29. The van der Waals surface area contributed by atoms with E-state index in [-0.39, 0.29) is 18.5 Å². The first-order chi connectivity index (χ1) is 15.0. The molecule has 8 nitrogen and oxygen atoms in total. The van der Waals surface area contributed by atoms with Gasteiger partial charge in [0.15, 0.2) is 11.5 Å². The van der Waals surface area contributed by atoms with Crippen LogP contribution in [0.15, 0.2) is 53.2 Å². The Kier molecular flexibility index (Phi) is 5.49. The molecule has 0 aliphatic heterocycles. The molecule has 0 unspecified atom stereocenters. The molecule has 0 saturated carbocycles. The van der Waals surface area contributed by atoms with Crippen molar-refractivity contribution in [3.63, 3.8) is 0 Å². The highest BCUT2D eigenvalue weighted by Gasteiger charge is 2.32. The molecule has 158 valence electrons. The van der Waals surface area contributed by atoms with Crippen molar-refractivity contribution in [3.05, 3.63) is 54.1 Å². The van der Waals surface area contributed by atoms with E-state index in [9.17, 15) is 8.78 Å². The van der Waals surface area contributed by atoms with E-state index in [1.165, 1.54) is 24.3 Å². The highest BCUT2D eigenvalue weighted by molar-refractivity contribution is 5.81. The van der Waals surface area contributed by atoms with E-state index in [1.807, 2.05) is 24.3 Å². The van der Waals surface area contributed by atoms with Crippen molar-refractivity contribution in [1.82, 2.24) is 19.9 Å². The molecule has 2 aromatic heterocycles. The number of nitrogens with zero attached hydrogens (tertiary/aromatic N) is 5. The average Bonchev–Trinajstić information content (AvgIpc) is 3.37. The number of para-hydroxylation sites is 2. The standard InChI is InChI=1S/C21H19F2N7O/c22-21(23,14-6-8-15(25)9-7-14)10-13-30-17-5-2-1-4-16(17)27-20(30)18-19(29-31-28-18)26-12-3-11-24/h1-2,4-9H,3,10,12-13,25H2,(H,26,29). The van der Waals surface area contributed by atoms with Crippen LogP contribution in [0.1, 0.15) is 18.4 Å². The van der Waals surface area contributed by atoms with Crippen LogP contribution in [0.3, 0.4) is 0 Å². The summed E-state index contributed by atoms with van der Waals surface area (Å²) in [6.07, 6.45) is -0.191. The maximum atomic E-state index is 14.9. The number of aromatic nitrogens is 4. The molecule has 0 spiro atoms. The van der Waals surface area contributed by atoms with Gasteiger partial charge in [-0.3, -0.25) is 0 Å². The summed E-state index contributed by atoms with van der Waals surface area (Å²) >= 11 is 0. The van der Waals surface area contributed by atoms with E-state index in [0.29, 0.717) is 40.6 Å². The maximum absolute atomic E-state index is 14.9. The molecule has 31 heavy (non-hydrogen) atoms. The molecule has 3 N–H and O–H groups in total. The predicted molar refractivity (Wildman–Crippen MR) is 111 cm³/mol. The minimum atomic E-state index is -3.06. The van der Waals surface area contributed by atoms with Crippen molar-refractivity contribution in [2.75, 3.05) is 17.6 Å². The maximum Gasteiger partial charge on any atom is 0.274 e. The van der Waals surface area contributed by atoms with Crippen LogP contribution in [-0.4, -0.2) is 26.4 Å². The lowest BCUT2D eigenvalue weighted by molar-refractivity contribution is -0.0170. The number of aryl methyl sites for hydroxylation is 1. The fourth-order valence-corrected chi connectivity index (χ4v) is 3.29. The molecule has 0 aliphatic carbocycles. The summed E-state index contributed by atoms with van der Waals surface area (Å²) < 4.78 is 36.3. The second kappa shape index (κ2) is 8.39. The SMILES string of the molecule is N#CCCNc1nonc1-c1nc2ccccc2n1CCC(F)(F)c1ccc(N)cc1. The van der Waals surface area contributed by atoms with E-state index in [1.54, 1.807) is 10.6 Å². The summed E-state index contributed by atoms with van der Waals surface area (Å²) in [5.74, 6) is -2.40. The Morgan fingerprint density at radius 2 is 1.90 bits per heavy atom. The number of benzene rings is 2. The fraction of sp³-hybridized carbons (Fsp3) is 0.238. The third-order valence-corrected chi connectivity index (χ3v) is 4.87. The van der Waals surface area contributed by atoms with Crippen molar-refractivity contribution in [2.24, 2.45) is 0 Å². The van der Waals surface area contributed by atoms with Gasteiger partial charge in [-0.2, -0.15) is 5.26 Å². The number of fused-ring (bicyclic) bond motifs is 1. The molecule has 4 aromatic rings. The van der Waals surface area contributed by atoms with Gasteiger partial charge in [-0.25, -0.2) is 18.4 Å². The number of nitrogens with one attached hydrogen (secondary N) is 1. The average molecular weight is 423 g/mol. The van der Waals surface area contributed by atoms with Crippen molar-refractivity contribution >= 4 is 22.5 Å². The number of hydrogen-bond acceptors (Lipinski definition) is 7. The normalized spacial score (nSPS) is 11.5. The third kappa shape index (κ3) is 4.16. The number of hydrogen-bond donors (Lipinski definition) is 2. The van der Waals surface area contributed by atoms with Crippen molar-refractivity contribution in [3.8, 4) is 17.6 Å². The Hall–Kier alpha value is -4.00. The van der Waals surface area contributed by atoms with Crippen LogP contribution >= 0.6 is 0 Å². The Morgan fingerprint density at radius 1 is 1.13 bits per heavy atom. The van der Waals surface area contributed by atoms with Gasteiger partial charge in [0.05, 0.1) is 23.5 Å².